The summed E-state index contributed by atoms with van der Waals surface area (Å²) in [4.78, 5) is 19.3. The summed E-state index contributed by atoms with van der Waals surface area (Å²) in [5.41, 5.74) is 5.94. The summed E-state index contributed by atoms with van der Waals surface area (Å²) in [5.74, 6) is 0.675. The Balaban J connectivity index is 1.31. The van der Waals surface area contributed by atoms with E-state index < -0.39 is 0 Å². The molecule has 0 fully saturated rings. The predicted molar refractivity (Wildman–Crippen MR) is 198 cm³/mol. The van der Waals surface area contributed by atoms with E-state index in [2.05, 4.69) is 95.6 Å². The van der Waals surface area contributed by atoms with Gasteiger partial charge in [0.25, 0.3) is 5.56 Å². The molecule has 0 radical (unpaired) electrons. The fourth-order valence-corrected chi connectivity index (χ4v) is 9.18. The number of aromatic nitrogens is 3. The zero-order valence-corrected chi connectivity index (χ0v) is 25.8. The zero-order chi connectivity index (χ0) is 30.8. The lowest BCUT2D eigenvalue weighted by molar-refractivity contribution is 1.12. The maximum atomic E-state index is 14.3. The molecule has 11 rings (SSSR count). The zero-order valence-electron chi connectivity index (χ0n) is 24.9. The Bertz CT molecular complexity index is 3150. The normalized spacial score (nSPS) is 12.3. The van der Waals surface area contributed by atoms with Gasteiger partial charge in [-0.2, -0.15) is 0 Å². The van der Waals surface area contributed by atoms with E-state index in [9.17, 15) is 4.79 Å². The Hall–Kier alpha value is -6.04. The summed E-state index contributed by atoms with van der Waals surface area (Å²) in [6.07, 6.45) is 0. The second-order valence-electron chi connectivity index (χ2n) is 12.3. The molecular formula is C42H23N3OS. The highest BCUT2D eigenvalue weighted by atomic mass is 32.1. The van der Waals surface area contributed by atoms with E-state index in [1.54, 1.807) is 4.40 Å². The third kappa shape index (κ3) is 3.21. The molecule has 5 heteroatoms. The van der Waals surface area contributed by atoms with Crippen LogP contribution in [0.4, 0.5) is 0 Å². The fraction of sp³-hybridized carbons (Fsp3) is 0. The van der Waals surface area contributed by atoms with Crippen LogP contribution < -0.4 is 5.56 Å². The van der Waals surface area contributed by atoms with Gasteiger partial charge in [-0.05, 0) is 52.6 Å². The first-order valence-electron chi connectivity index (χ1n) is 15.8. The number of para-hydroxylation sites is 2. The van der Waals surface area contributed by atoms with Crippen molar-refractivity contribution in [1.29, 1.82) is 0 Å². The summed E-state index contributed by atoms with van der Waals surface area (Å²) in [6.45, 7) is 0. The van der Waals surface area contributed by atoms with Crippen molar-refractivity contribution >= 4 is 91.3 Å². The van der Waals surface area contributed by atoms with Crippen LogP contribution in [0.15, 0.2) is 144 Å². The largest absolute Gasteiger partial charge is 0.308 e. The van der Waals surface area contributed by atoms with Gasteiger partial charge in [0.15, 0.2) is 0 Å². The van der Waals surface area contributed by atoms with Crippen molar-refractivity contribution in [2.45, 2.75) is 0 Å². The third-order valence-corrected chi connectivity index (χ3v) is 11.0. The molecule has 0 saturated heterocycles. The Kier molecular flexibility index (Phi) is 4.84. The number of hydrogen-bond donors (Lipinski definition) is 0. The summed E-state index contributed by atoms with van der Waals surface area (Å²) >= 11 is 1.86. The molecule has 0 saturated carbocycles. The van der Waals surface area contributed by atoms with Gasteiger partial charge in [0.2, 0.25) is 0 Å². The van der Waals surface area contributed by atoms with Crippen molar-refractivity contribution in [3.8, 4) is 17.1 Å². The third-order valence-electron chi connectivity index (χ3n) is 9.84. The number of hydrogen-bond acceptors (Lipinski definition) is 3. The lowest BCUT2D eigenvalue weighted by Crippen LogP contribution is -2.14. The average Bonchev–Trinajstić information content (AvgIpc) is 3.82. The van der Waals surface area contributed by atoms with E-state index in [1.165, 1.54) is 47.2 Å². The Morgan fingerprint density at radius 2 is 1.23 bits per heavy atom. The highest BCUT2D eigenvalue weighted by Crippen LogP contribution is 2.48. The molecule has 0 aliphatic heterocycles. The minimum absolute atomic E-state index is 0.0493. The molecule has 0 atom stereocenters. The molecule has 0 amide bonds. The van der Waals surface area contributed by atoms with E-state index in [-0.39, 0.29) is 5.56 Å². The predicted octanol–water partition coefficient (Wildman–Crippen LogP) is 10.7. The number of pyridine rings is 1. The second kappa shape index (κ2) is 9.03. The maximum Gasteiger partial charge on any atom is 0.264 e. The molecule has 0 unspecified atom stereocenters. The monoisotopic (exact) mass is 617 g/mol. The molecule has 4 heterocycles. The van der Waals surface area contributed by atoms with Crippen molar-refractivity contribution in [2.75, 3.05) is 0 Å². The van der Waals surface area contributed by atoms with Gasteiger partial charge in [-0.25, -0.2) is 4.98 Å². The average molecular weight is 618 g/mol. The van der Waals surface area contributed by atoms with Gasteiger partial charge in [-0.15, -0.1) is 11.3 Å². The van der Waals surface area contributed by atoms with Crippen LogP contribution in [0.1, 0.15) is 0 Å². The van der Waals surface area contributed by atoms with E-state index >= 15 is 0 Å². The van der Waals surface area contributed by atoms with Gasteiger partial charge < -0.3 is 4.57 Å². The highest BCUT2D eigenvalue weighted by molar-refractivity contribution is 7.27. The van der Waals surface area contributed by atoms with Crippen LogP contribution in [-0.4, -0.2) is 14.0 Å². The molecule has 0 spiro atoms. The van der Waals surface area contributed by atoms with Crippen LogP contribution in [0.3, 0.4) is 0 Å². The molecular weight excluding hydrogens is 595 g/mol. The van der Waals surface area contributed by atoms with Gasteiger partial charge in [-0.3, -0.25) is 9.20 Å². The van der Waals surface area contributed by atoms with Crippen molar-refractivity contribution < 1.29 is 0 Å². The number of thiophene rings is 1. The minimum Gasteiger partial charge on any atom is -0.308 e. The Labute approximate surface area is 271 Å². The topological polar surface area (TPSA) is 39.3 Å². The van der Waals surface area contributed by atoms with Crippen LogP contribution in [0.2, 0.25) is 0 Å². The van der Waals surface area contributed by atoms with Gasteiger partial charge in [0, 0.05) is 48.3 Å². The maximum absolute atomic E-state index is 14.3. The molecule has 0 bridgehead atoms. The number of nitrogens with zero attached hydrogens (tertiary/aromatic N) is 3. The van der Waals surface area contributed by atoms with Gasteiger partial charge in [0.05, 0.1) is 26.8 Å². The molecule has 47 heavy (non-hydrogen) atoms. The van der Waals surface area contributed by atoms with Crippen LogP contribution >= 0.6 is 11.3 Å². The van der Waals surface area contributed by atoms with Gasteiger partial charge in [-0.1, -0.05) is 103 Å². The summed E-state index contributed by atoms with van der Waals surface area (Å²) in [7, 11) is 0. The summed E-state index contributed by atoms with van der Waals surface area (Å²) < 4.78 is 6.77. The Morgan fingerprint density at radius 3 is 2.09 bits per heavy atom. The van der Waals surface area contributed by atoms with E-state index in [4.69, 9.17) is 4.98 Å². The molecule has 4 aromatic heterocycles. The van der Waals surface area contributed by atoms with Gasteiger partial charge in [0.1, 0.15) is 5.82 Å². The molecule has 0 aliphatic rings. The SMILES string of the molecule is O=c1c2ccc(-n3c4ccccc4c4c5ccccc5c5c6ccccc6sc5c43)cc2c2cccc3nc(-c4ccccc4)n1c32. The number of rotatable bonds is 2. The lowest BCUT2D eigenvalue weighted by atomic mass is 9.99. The number of imidazole rings is 1. The van der Waals surface area contributed by atoms with Crippen molar-refractivity contribution in [3.63, 3.8) is 0 Å². The van der Waals surface area contributed by atoms with Crippen molar-refractivity contribution in [1.82, 2.24) is 14.0 Å². The van der Waals surface area contributed by atoms with Crippen molar-refractivity contribution in [3.05, 3.63) is 150 Å². The lowest BCUT2D eigenvalue weighted by Gasteiger charge is -2.13. The van der Waals surface area contributed by atoms with E-state index in [0.717, 1.165) is 38.6 Å². The Morgan fingerprint density at radius 1 is 0.532 bits per heavy atom. The first-order valence-corrected chi connectivity index (χ1v) is 16.6. The first-order chi connectivity index (χ1) is 23.3. The van der Waals surface area contributed by atoms with Crippen molar-refractivity contribution in [2.24, 2.45) is 0 Å². The molecule has 218 valence electrons. The molecule has 7 aromatic carbocycles. The molecule has 0 aliphatic carbocycles. The molecule has 11 aromatic rings. The second-order valence-corrected chi connectivity index (χ2v) is 13.3. The van der Waals surface area contributed by atoms with Crippen LogP contribution in [0.25, 0.3) is 97.0 Å². The quantitative estimate of drug-likeness (QED) is 0.181. The van der Waals surface area contributed by atoms with Crippen LogP contribution in [0.5, 0.6) is 0 Å². The van der Waals surface area contributed by atoms with Gasteiger partial charge >= 0.3 is 0 Å². The standard InChI is InChI=1S/C42H23N3OS/c46-42-29-22-21-25(23-32(29)28-17-10-18-33-38(28)45(42)41(43-33)24-11-2-1-3-12-24)44-34-19-8-6-15-30(34)36-26-13-4-5-14-27(26)37-31-16-7-9-20-35(31)47-40(37)39(36)44/h1-23H. The first kappa shape index (κ1) is 25.2. The smallest absolute Gasteiger partial charge is 0.264 e. The summed E-state index contributed by atoms with van der Waals surface area (Å²) in [5, 5.41) is 10.2. The summed E-state index contributed by atoms with van der Waals surface area (Å²) in [6, 6.07) is 48.7. The molecule has 4 nitrogen and oxygen atoms in total. The van der Waals surface area contributed by atoms with E-state index in [1.807, 2.05) is 59.9 Å². The van der Waals surface area contributed by atoms with Crippen LogP contribution in [-0.2, 0) is 0 Å². The van der Waals surface area contributed by atoms with Crippen LogP contribution in [0, 0.1) is 0 Å². The van der Waals surface area contributed by atoms with E-state index in [0.29, 0.717) is 11.2 Å². The minimum atomic E-state index is -0.0493. The number of fused-ring (bicyclic) bond motifs is 12. The highest BCUT2D eigenvalue weighted by Gasteiger charge is 2.23. The number of benzene rings is 7. The fourth-order valence-electron chi connectivity index (χ4n) is 7.92. The molecule has 0 N–H and O–H groups in total.